The van der Waals surface area contributed by atoms with Gasteiger partial charge in [0.15, 0.2) is 0 Å². The molecular formula is C13H15N3O3S. The third-order valence-corrected chi connectivity index (χ3v) is 3.40. The zero-order valence-corrected chi connectivity index (χ0v) is 11.8. The predicted molar refractivity (Wildman–Crippen MR) is 75.4 cm³/mol. The Morgan fingerprint density at radius 1 is 1.40 bits per heavy atom. The van der Waals surface area contributed by atoms with Crippen LogP contribution in [0.2, 0.25) is 0 Å². The summed E-state index contributed by atoms with van der Waals surface area (Å²) < 4.78 is 5.53. The number of carboxylic acids is 1. The second kappa shape index (κ2) is 6.95. The van der Waals surface area contributed by atoms with Gasteiger partial charge in [0, 0.05) is 5.75 Å². The highest BCUT2D eigenvalue weighted by Crippen LogP contribution is 2.15. The molecule has 0 radical (unpaired) electrons. The summed E-state index contributed by atoms with van der Waals surface area (Å²) in [5, 5.41) is 16.3. The molecule has 0 saturated heterocycles. The van der Waals surface area contributed by atoms with Crippen molar-refractivity contribution < 1.29 is 14.6 Å². The molecule has 7 heteroatoms. The summed E-state index contributed by atoms with van der Waals surface area (Å²) in [5.41, 5.74) is 0.257. The summed E-state index contributed by atoms with van der Waals surface area (Å²) in [6, 6.07) is 6.39. The smallest absolute Gasteiger partial charge is 0.335 e. The van der Waals surface area contributed by atoms with E-state index in [2.05, 4.69) is 15.2 Å². The van der Waals surface area contributed by atoms with Gasteiger partial charge in [-0.2, -0.15) is 0 Å². The van der Waals surface area contributed by atoms with Crippen molar-refractivity contribution in [1.82, 2.24) is 15.2 Å². The average Bonchev–Trinajstić information content (AvgIpc) is 2.84. The van der Waals surface area contributed by atoms with Crippen LogP contribution < -0.4 is 4.74 Å². The van der Waals surface area contributed by atoms with Gasteiger partial charge in [0.2, 0.25) is 5.16 Å². The van der Waals surface area contributed by atoms with Crippen LogP contribution in [-0.4, -0.2) is 38.6 Å². The van der Waals surface area contributed by atoms with Crippen molar-refractivity contribution in [2.45, 2.75) is 18.5 Å². The number of carboxylic acid groups (broad SMARTS) is 1. The Morgan fingerprint density at radius 3 is 2.75 bits per heavy atom. The minimum Gasteiger partial charge on any atom is -0.494 e. The Labute approximate surface area is 120 Å². The Hall–Kier alpha value is -2.02. The van der Waals surface area contributed by atoms with Crippen molar-refractivity contribution in [2.24, 2.45) is 0 Å². The minimum absolute atomic E-state index is 0.257. The number of ether oxygens (including phenoxy) is 1. The van der Waals surface area contributed by atoms with Crippen LogP contribution >= 0.6 is 11.8 Å². The topological polar surface area (TPSA) is 88.1 Å². The standard InChI is InChI=1S/C13H15N3O3S/c1-9-14-13(16-15-9)20-8-2-7-19-11-5-3-10(4-6-11)12(17)18/h3-6H,2,7-8H2,1H3,(H,17,18)(H,14,15,16). The molecule has 0 amide bonds. The second-order valence-corrected chi connectivity index (χ2v) is 5.15. The fourth-order valence-electron chi connectivity index (χ4n) is 1.49. The molecule has 20 heavy (non-hydrogen) atoms. The molecule has 0 fully saturated rings. The fourth-order valence-corrected chi connectivity index (χ4v) is 2.25. The molecule has 1 heterocycles. The first kappa shape index (κ1) is 14.4. The van der Waals surface area contributed by atoms with Gasteiger partial charge >= 0.3 is 5.97 Å². The number of hydrogen-bond donors (Lipinski definition) is 2. The maximum atomic E-state index is 10.7. The summed E-state index contributed by atoms with van der Waals surface area (Å²) in [6.07, 6.45) is 0.860. The highest BCUT2D eigenvalue weighted by Gasteiger charge is 2.03. The second-order valence-electron chi connectivity index (χ2n) is 4.08. The Balaban J connectivity index is 1.66. The molecule has 1 aromatic carbocycles. The number of carbonyl (C=O) groups is 1. The first-order valence-corrected chi connectivity index (χ1v) is 7.11. The number of aromatic nitrogens is 3. The van der Waals surface area contributed by atoms with E-state index in [1.54, 1.807) is 23.9 Å². The summed E-state index contributed by atoms with van der Waals surface area (Å²) in [5.74, 6) is 1.41. The summed E-state index contributed by atoms with van der Waals surface area (Å²) in [6.45, 7) is 2.43. The molecule has 0 spiro atoms. The maximum Gasteiger partial charge on any atom is 0.335 e. The van der Waals surface area contributed by atoms with Crippen LogP contribution in [-0.2, 0) is 0 Å². The van der Waals surface area contributed by atoms with E-state index in [1.807, 2.05) is 6.92 Å². The Kier molecular flexibility index (Phi) is 5.00. The molecule has 106 valence electrons. The monoisotopic (exact) mass is 293 g/mol. The van der Waals surface area contributed by atoms with Gasteiger partial charge in [0.1, 0.15) is 11.6 Å². The van der Waals surface area contributed by atoms with Crippen molar-refractivity contribution in [3.8, 4) is 5.75 Å². The highest BCUT2D eigenvalue weighted by molar-refractivity contribution is 7.99. The van der Waals surface area contributed by atoms with Gasteiger partial charge in [-0.05, 0) is 37.6 Å². The van der Waals surface area contributed by atoms with Crippen LogP contribution in [0.25, 0.3) is 0 Å². The van der Waals surface area contributed by atoms with Gasteiger partial charge in [-0.3, -0.25) is 5.10 Å². The van der Waals surface area contributed by atoms with Gasteiger partial charge in [-0.1, -0.05) is 11.8 Å². The number of nitrogens with one attached hydrogen (secondary N) is 1. The molecule has 6 nitrogen and oxygen atoms in total. The number of aryl methyl sites for hydroxylation is 1. The van der Waals surface area contributed by atoms with Crippen molar-refractivity contribution >= 4 is 17.7 Å². The molecule has 0 aliphatic rings. The number of rotatable bonds is 7. The van der Waals surface area contributed by atoms with Crippen LogP contribution in [0.3, 0.4) is 0 Å². The number of benzene rings is 1. The zero-order chi connectivity index (χ0) is 14.4. The molecule has 0 aliphatic carbocycles. The third-order valence-electron chi connectivity index (χ3n) is 2.47. The van der Waals surface area contributed by atoms with Crippen LogP contribution in [0, 0.1) is 6.92 Å². The van der Waals surface area contributed by atoms with E-state index in [9.17, 15) is 4.79 Å². The lowest BCUT2D eigenvalue weighted by Gasteiger charge is -2.05. The number of nitrogens with zero attached hydrogens (tertiary/aromatic N) is 2. The van der Waals surface area contributed by atoms with E-state index >= 15 is 0 Å². The number of H-pyrrole nitrogens is 1. The Bertz CT molecular complexity index is 568. The van der Waals surface area contributed by atoms with E-state index in [0.717, 1.165) is 23.2 Å². The average molecular weight is 293 g/mol. The van der Waals surface area contributed by atoms with Gasteiger partial charge in [-0.15, -0.1) is 5.10 Å². The number of aromatic carboxylic acids is 1. The van der Waals surface area contributed by atoms with E-state index in [4.69, 9.17) is 9.84 Å². The van der Waals surface area contributed by atoms with Crippen LogP contribution in [0.1, 0.15) is 22.6 Å². The van der Waals surface area contributed by atoms with Crippen LogP contribution in [0.4, 0.5) is 0 Å². The lowest BCUT2D eigenvalue weighted by molar-refractivity contribution is 0.0697. The summed E-state index contributed by atoms with van der Waals surface area (Å²) in [4.78, 5) is 14.9. The van der Waals surface area contributed by atoms with E-state index in [0.29, 0.717) is 12.4 Å². The number of aromatic amines is 1. The molecule has 2 rings (SSSR count). The normalized spacial score (nSPS) is 10.4. The lowest BCUT2D eigenvalue weighted by Crippen LogP contribution is -2.00. The molecular weight excluding hydrogens is 278 g/mol. The first-order chi connectivity index (χ1) is 9.65. The molecule has 2 aromatic rings. The summed E-state index contributed by atoms with van der Waals surface area (Å²) >= 11 is 1.57. The fraction of sp³-hybridized carbons (Fsp3) is 0.308. The first-order valence-electron chi connectivity index (χ1n) is 6.13. The van der Waals surface area contributed by atoms with Crippen molar-refractivity contribution in [3.05, 3.63) is 35.7 Å². The van der Waals surface area contributed by atoms with E-state index < -0.39 is 5.97 Å². The number of hydrogen-bond acceptors (Lipinski definition) is 5. The Morgan fingerprint density at radius 2 is 2.15 bits per heavy atom. The van der Waals surface area contributed by atoms with Gasteiger partial charge in [0.05, 0.1) is 12.2 Å². The zero-order valence-electron chi connectivity index (χ0n) is 11.0. The molecule has 0 aliphatic heterocycles. The molecule has 0 unspecified atom stereocenters. The third kappa shape index (κ3) is 4.27. The van der Waals surface area contributed by atoms with Gasteiger partial charge in [-0.25, -0.2) is 9.78 Å². The molecule has 0 bridgehead atoms. The van der Waals surface area contributed by atoms with Crippen molar-refractivity contribution in [2.75, 3.05) is 12.4 Å². The SMILES string of the molecule is Cc1nc(SCCCOc2ccc(C(=O)O)cc2)n[nH]1. The van der Waals surface area contributed by atoms with Crippen molar-refractivity contribution in [3.63, 3.8) is 0 Å². The maximum absolute atomic E-state index is 10.7. The van der Waals surface area contributed by atoms with Crippen LogP contribution in [0.15, 0.2) is 29.4 Å². The minimum atomic E-state index is -0.935. The summed E-state index contributed by atoms with van der Waals surface area (Å²) in [7, 11) is 0. The molecule has 0 saturated carbocycles. The lowest BCUT2D eigenvalue weighted by atomic mass is 10.2. The largest absolute Gasteiger partial charge is 0.494 e. The quantitative estimate of drug-likeness (QED) is 0.602. The van der Waals surface area contributed by atoms with Gasteiger partial charge < -0.3 is 9.84 Å². The van der Waals surface area contributed by atoms with Crippen molar-refractivity contribution in [1.29, 1.82) is 0 Å². The van der Waals surface area contributed by atoms with E-state index in [1.165, 1.54) is 12.1 Å². The predicted octanol–water partition coefficient (Wildman–Crippen LogP) is 2.37. The highest BCUT2D eigenvalue weighted by atomic mass is 32.2. The molecule has 1 aromatic heterocycles. The molecule has 0 atom stereocenters. The molecule has 2 N–H and O–H groups in total. The van der Waals surface area contributed by atoms with Crippen LogP contribution in [0.5, 0.6) is 5.75 Å². The van der Waals surface area contributed by atoms with E-state index in [-0.39, 0.29) is 5.56 Å². The number of thioether (sulfide) groups is 1. The van der Waals surface area contributed by atoms with Gasteiger partial charge in [0.25, 0.3) is 0 Å².